The molecule has 0 radical (unpaired) electrons. The fourth-order valence-electron chi connectivity index (χ4n) is 2.77. The van der Waals surface area contributed by atoms with Crippen molar-refractivity contribution in [3.63, 3.8) is 0 Å². The van der Waals surface area contributed by atoms with Crippen LogP contribution in [0.4, 0.5) is 0 Å². The molecule has 2 aliphatic rings. The molecule has 0 amide bonds. The van der Waals surface area contributed by atoms with E-state index < -0.39 is 0 Å². The number of hydrogen-bond donors (Lipinski definition) is 0. The Bertz CT molecular complexity index is 181. The zero-order valence-electron chi connectivity index (χ0n) is 8.17. The van der Waals surface area contributed by atoms with Gasteiger partial charge >= 0.3 is 0 Å². The molecule has 2 fully saturated rings. The maximum absolute atomic E-state index is 6.01. The molecule has 4 atom stereocenters. The molecule has 2 heteroatoms. The zero-order chi connectivity index (χ0) is 8.77. The van der Waals surface area contributed by atoms with Gasteiger partial charge in [-0.25, -0.2) is 0 Å². The predicted octanol–water partition coefficient (Wildman–Crippen LogP) is 1.98. The lowest BCUT2D eigenvalue weighted by Crippen LogP contribution is -2.42. The van der Waals surface area contributed by atoms with Gasteiger partial charge in [0.25, 0.3) is 0 Å². The lowest BCUT2D eigenvalue weighted by atomic mass is 9.80. The molecule has 0 spiro atoms. The van der Waals surface area contributed by atoms with Gasteiger partial charge in [-0.2, -0.15) is 0 Å². The number of rotatable bonds is 1. The van der Waals surface area contributed by atoms with Crippen molar-refractivity contribution in [3.05, 3.63) is 0 Å². The SMILES string of the molecule is CCC12CCOC(C(C)O1)C2C. The van der Waals surface area contributed by atoms with E-state index in [0.29, 0.717) is 18.1 Å². The monoisotopic (exact) mass is 170 g/mol. The largest absolute Gasteiger partial charge is 0.375 e. The van der Waals surface area contributed by atoms with E-state index in [4.69, 9.17) is 9.47 Å². The van der Waals surface area contributed by atoms with Crippen molar-refractivity contribution in [2.24, 2.45) is 5.92 Å². The first-order valence-electron chi connectivity index (χ1n) is 4.99. The maximum Gasteiger partial charge on any atom is 0.0887 e. The fraction of sp³-hybridized carbons (Fsp3) is 1.00. The van der Waals surface area contributed by atoms with Crippen LogP contribution in [0.2, 0.25) is 0 Å². The van der Waals surface area contributed by atoms with Gasteiger partial charge in [-0.1, -0.05) is 13.8 Å². The van der Waals surface area contributed by atoms with E-state index in [0.717, 1.165) is 19.4 Å². The Morgan fingerprint density at radius 2 is 2.17 bits per heavy atom. The van der Waals surface area contributed by atoms with Crippen molar-refractivity contribution < 1.29 is 9.47 Å². The highest BCUT2D eigenvalue weighted by molar-refractivity contribution is 5.00. The molecule has 0 aliphatic carbocycles. The Balaban J connectivity index is 2.24. The van der Waals surface area contributed by atoms with Crippen LogP contribution in [0.15, 0.2) is 0 Å². The Kier molecular flexibility index (Phi) is 1.92. The average Bonchev–Trinajstić information content (AvgIpc) is 2.23. The Labute approximate surface area is 74.2 Å². The summed E-state index contributed by atoms with van der Waals surface area (Å²) in [6.07, 6.45) is 2.84. The highest BCUT2D eigenvalue weighted by atomic mass is 16.6. The number of ether oxygens (including phenoxy) is 2. The van der Waals surface area contributed by atoms with Gasteiger partial charge in [0.1, 0.15) is 0 Å². The molecule has 0 saturated carbocycles. The lowest BCUT2D eigenvalue weighted by molar-refractivity contribution is -0.0718. The Morgan fingerprint density at radius 1 is 1.42 bits per heavy atom. The zero-order valence-corrected chi connectivity index (χ0v) is 8.17. The molecule has 2 nitrogen and oxygen atoms in total. The van der Waals surface area contributed by atoms with Crippen molar-refractivity contribution in [3.8, 4) is 0 Å². The van der Waals surface area contributed by atoms with Crippen LogP contribution in [0.5, 0.6) is 0 Å². The summed E-state index contributed by atoms with van der Waals surface area (Å²) in [6, 6.07) is 0. The fourth-order valence-corrected chi connectivity index (χ4v) is 2.77. The summed E-state index contributed by atoms with van der Waals surface area (Å²) in [7, 11) is 0. The van der Waals surface area contributed by atoms with E-state index in [9.17, 15) is 0 Å². The summed E-state index contributed by atoms with van der Waals surface area (Å²) < 4.78 is 11.7. The molecular formula is C10H18O2. The van der Waals surface area contributed by atoms with E-state index in [1.54, 1.807) is 0 Å². The third-order valence-corrected chi connectivity index (χ3v) is 3.64. The van der Waals surface area contributed by atoms with Gasteiger partial charge in [-0.05, 0) is 13.3 Å². The minimum atomic E-state index is 0.141. The van der Waals surface area contributed by atoms with Crippen LogP contribution in [0.1, 0.15) is 33.6 Å². The van der Waals surface area contributed by atoms with Crippen LogP contribution in [0.25, 0.3) is 0 Å². The van der Waals surface area contributed by atoms with Gasteiger partial charge in [0.15, 0.2) is 0 Å². The van der Waals surface area contributed by atoms with Gasteiger partial charge < -0.3 is 9.47 Å². The van der Waals surface area contributed by atoms with Crippen molar-refractivity contribution >= 4 is 0 Å². The van der Waals surface area contributed by atoms with E-state index in [1.165, 1.54) is 0 Å². The summed E-state index contributed by atoms with van der Waals surface area (Å²) in [5.74, 6) is 0.575. The topological polar surface area (TPSA) is 18.5 Å². The third-order valence-electron chi connectivity index (χ3n) is 3.64. The van der Waals surface area contributed by atoms with E-state index >= 15 is 0 Å². The summed E-state index contributed by atoms with van der Waals surface area (Å²) in [4.78, 5) is 0. The van der Waals surface area contributed by atoms with Crippen molar-refractivity contribution in [1.29, 1.82) is 0 Å². The molecular weight excluding hydrogens is 152 g/mol. The highest BCUT2D eigenvalue weighted by Crippen LogP contribution is 2.45. The Hall–Kier alpha value is -0.0800. The molecule has 2 rings (SSSR count). The maximum atomic E-state index is 6.01. The van der Waals surface area contributed by atoms with Crippen LogP contribution >= 0.6 is 0 Å². The smallest absolute Gasteiger partial charge is 0.0887 e. The normalized spacial score (nSPS) is 52.8. The molecule has 2 saturated heterocycles. The van der Waals surface area contributed by atoms with E-state index in [-0.39, 0.29) is 5.60 Å². The van der Waals surface area contributed by atoms with Crippen LogP contribution in [-0.4, -0.2) is 24.4 Å². The number of hydrogen-bond acceptors (Lipinski definition) is 2. The standard InChI is InChI=1S/C10H18O2/c1-4-10-5-6-11-9(7(10)2)8(3)12-10/h7-9H,4-6H2,1-3H3. The molecule has 0 aromatic carbocycles. The first-order chi connectivity index (χ1) is 5.69. The summed E-state index contributed by atoms with van der Waals surface area (Å²) in [6.45, 7) is 7.49. The molecule has 2 bridgehead atoms. The highest BCUT2D eigenvalue weighted by Gasteiger charge is 2.52. The minimum absolute atomic E-state index is 0.141. The Morgan fingerprint density at radius 3 is 2.75 bits per heavy atom. The third kappa shape index (κ3) is 0.944. The molecule has 12 heavy (non-hydrogen) atoms. The minimum Gasteiger partial charge on any atom is -0.375 e. The second-order valence-electron chi connectivity index (χ2n) is 4.12. The molecule has 0 aromatic rings. The lowest BCUT2D eigenvalue weighted by Gasteiger charge is -2.36. The van der Waals surface area contributed by atoms with Gasteiger partial charge in [-0.3, -0.25) is 0 Å². The van der Waals surface area contributed by atoms with Crippen LogP contribution in [0.3, 0.4) is 0 Å². The van der Waals surface area contributed by atoms with Gasteiger partial charge in [0.2, 0.25) is 0 Å². The summed E-state index contributed by atoms with van der Waals surface area (Å²) >= 11 is 0. The first kappa shape index (κ1) is 8.52. The number of fused-ring (bicyclic) bond motifs is 2. The van der Waals surface area contributed by atoms with Crippen LogP contribution in [-0.2, 0) is 9.47 Å². The molecule has 0 aromatic heterocycles. The van der Waals surface area contributed by atoms with Crippen LogP contribution < -0.4 is 0 Å². The van der Waals surface area contributed by atoms with E-state index in [1.807, 2.05) is 0 Å². The first-order valence-corrected chi connectivity index (χ1v) is 4.99. The van der Waals surface area contributed by atoms with Crippen molar-refractivity contribution in [2.75, 3.05) is 6.61 Å². The molecule has 2 aliphatic heterocycles. The van der Waals surface area contributed by atoms with Crippen molar-refractivity contribution in [2.45, 2.75) is 51.4 Å². The van der Waals surface area contributed by atoms with Crippen LogP contribution in [0, 0.1) is 5.92 Å². The molecule has 4 unspecified atom stereocenters. The summed E-state index contributed by atoms with van der Waals surface area (Å²) in [5, 5.41) is 0. The summed E-state index contributed by atoms with van der Waals surface area (Å²) in [5.41, 5.74) is 0.141. The van der Waals surface area contributed by atoms with Crippen molar-refractivity contribution in [1.82, 2.24) is 0 Å². The predicted molar refractivity (Wildman–Crippen MR) is 47.1 cm³/mol. The van der Waals surface area contributed by atoms with Gasteiger partial charge in [-0.15, -0.1) is 0 Å². The average molecular weight is 170 g/mol. The van der Waals surface area contributed by atoms with E-state index in [2.05, 4.69) is 20.8 Å². The second-order valence-corrected chi connectivity index (χ2v) is 4.12. The van der Waals surface area contributed by atoms with Gasteiger partial charge in [0, 0.05) is 18.9 Å². The second kappa shape index (κ2) is 2.71. The molecule has 70 valence electrons. The molecule has 0 N–H and O–H groups in total. The van der Waals surface area contributed by atoms with Gasteiger partial charge in [0.05, 0.1) is 17.8 Å². The molecule has 2 heterocycles. The quantitative estimate of drug-likeness (QED) is 0.599.